The van der Waals surface area contributed by atoms with Gasteiger partial charge >= 0.3 is 0 Å². The molecule has 4 aromatic rings. The fourth-order valence-electron chi connectivity index (χ4n) is 4.09. The number of anilines is 2. The first-order chi connectivity index (χ1) is 17.2. The van der Waals surface area contributed by atoms with E-state index in [4.69, 9.17) is 9.47 Å². The Morgan fingerprint density at radius 3 is 2.83 bits per heavy atom. The Balaban J connectivity index is 1.24. The molecule has 2 heterocycles. The molecule has 0 saturated heterocycles. The number of methoxy groups -OCH3 is 1. The van der Waals surface area contributed by atoms with Gasteiger partial charge in [0.25, 0.3) is 5.91 Å². The van der Waals surface area contributed by atoms with E-state index in [1.165, 1.54) is 23.3 Å². The maximum absolute atomic E-state index is 12.2. The highest BCUT2D eigenvalue weighted by Crippen LogP contribution is 2.38. The van der Waals surface area contributed by atoms with Crippen LogP contribution in [0.2, 0.25) is 0 Å². The lowest BCUT2D eigenvalue weighted by Gasteiger charge is -2.12. The van der Waals surface area contributed by atoms with Crippen LogP contribution in [-0.4, -0.2) is 35.8 Å². The van der Waals surface area contributed by atoms with E-state index in [1.807, 2.05) is 36.4 Å². The third-order valence-corrected chi connectivity index (χ3v) is 6.94. The molecule has 178 valence electrons. The zero-order valence-electron chi connectivity index (χ0n) is 19.3. The zero-order valence-corrected chi connectivity index (χ0v) is 20.1. The largest absolute Gasteiger partial charge is 0.493 e. The quantitative estimate of drug-likeness (QED) is 0.267. The number of nitrogens with one attached hydrogen (secondary N) is 2. The molecule has 9 heteroatoms. The second kappa shape index (κ2) is 10.5. The fraction of sp³-hybridized carbons (Fsp3) is 0.231. The molecule has 2 aromatic carbocycles. The van der Waals surface area contributed by atoms with Gasteiger partial charge < -0.3 is 14.8 Å². The first-order valence-electron chi connectivity index (χ1n) is 11.4. The number of nitrogens with zero attached hydrogens (tertiary/aromatic N) is 3. The van der Waals surface area contributed by atoms with Gasteiger partial charge in [0, 0.05) is 10.6 Å². The number of rotatable bonds is 8. The van der Waals surface area contributed by atoms with Crippen LogP contribution in [0.1, 0.15) is 28.8 Å². The van der Waals surface area contributed by atoms with Crippen molar-refractivity contribution in [1.29, 1.82) is 0 Å². The maximum Gasteiger partial charge on any atom is 0.262 e. The van der Waals surface area contributed by atoms with Crippen molar-refractivity contribution >= 4 is 45.2 Å². The fourth-order valence-corrected chi connectivity index (χ4v) is 5.32. The van der Waals surface area contributed by atoms with E-state index < -0.39 is 0 Å². The minimum absolute atomic E-state index is 0.130. The van der Waals surface area contributed by atoms with Gasteiger partial charge in [-0.15, -0.1) is 11.3 Å². The molecule has 2 aromatic heterocycles. The van der Waals surface area contributed by atoms with Crippen molar-refractivity contribution in [1.82, 2.24) is 9.97 Å². The summed E-state index contributed by atoms with van der Waals surface area (Å²) in [5, 5.41) is 8.27. The summed E-state index contributed by atoms with van der Waals surface area (Å²) in [5.74, 6) is 1.46. The first-order valence-corrected chi connectivity index (χ1v) is 12.2. The summed E-state index contributed by atoms with van der Waals surface area (Å²) >= 11 is 1.76. The second-order valence-corrected chi connectivity index (χ2v) is 9.18. The second-order valence-electron chi connectivity index (χ2n) is 8.10. The van der Waals surface area contributed by atoms with E-state index in [0.29, 0.717) is 11.5 Å². The van der Waals surface area contributed by atoms with Crippen molar-refractivity contribution in [2.24, 2.45) is 5.10 Å². The topological polar surface area (TPSA) is 97.7 Å². The number of hydrogen-bond acceptors (Lipinski definition) is 8. The van der Waals surface area contributed by atoms with E-state index in [1.54, 1.807) is 43.1 Å². The lowest BCUT2D eigenvalue weighted by molar-refractivity contribution is -0.118. The van der Waals surface area contributed by atoms with Crippen molar-refractivity contribution in [2.75, 3.05) is 24.5 Å². The Bertz CT molecular complexity index is 1370. The first kappa shape index (κ1) is 22.8. The van der Waals surface area contributed by atoms with Gasteiger partial charge in [-0.3, -0.25) is 10.2 Å². The van der Waals surface area contributed by atoms with Crippen LogP contribution in [0, 0.1) is 0 Å². The standard InChI is InChI=1S/C26H25N5O3S/c1-33-21-13-17(11-12-20(21)34-15-23(32)30-18-7-3-2-4-8-18)14-29-31-25-24-19-9-5-6-10-22(19)35-26(24)28-16-27-25/h2-4,7-8,11-14,16H,5-6,9-10,15H2,1H3,(H,30,32)(H,27,28,31). The molecule has 0 atom stereocenters. The number of aromatic nitrogens is 2. The molecule has 0 saturated carbocycles. The van der Waals surface area contributed by atoms with Crippen LogP contribution < -0.4 is 20.2 Å². The molecule has 1 aliphatic carbocycles. The molecule has 35 heavy (non-hydrogen) atoms. The van der Waals surface area contributed by atoms with Crippen molar-refractivity contribution in [3.8, 4) is 11.5 Å². The number of para-hydroxylation sites is 1. The van der Waals surface area contributed by atoms with Crippen molar-refractivity contribution in [3.05, 3.63) is 70.9 Å². The summed E-state index contributed by atoms with van der Waals surface area (Å²) in [5.41, 5.74) is 5.97. The number of fused-ring (bicyclic) bond motifs is 3. The summed E-state index contributed by atoms with van der Waals surface area (Å²) in [7, 11) is 1.56. The van der Waals surface area contributed by atoms with Crippen LogP contribution in [0.3, 0.4) is 0 Å². The minimum atomic E-state index is -0.250. The zero-order chi connectivity index (χ0) is 24.0. The van der Waals surface area contributed by atoms with Crippen LogP contribution in [0.5, 0.6) is 11.5 Å². The van der Waals surface area contributed by atoms with Gasteiger partial charge in [0.2, 0.25) is 0 Å². The van der Waals surface area contributed by atoms with Gasteiger partial charge in [0.05, 0.1) is 18.7 Å². The number of ether oxygens (including phenoxy) is 2. The Hall–Kier alpha value is -3.98. The van der Waals surface area contributed by atoms with Crippen LogP contribution in [0.25, 0.3) is 10.2 Å². The molecular formula is C26H25N5O3S. The lowest BCUT2D eigenvalue weighted by atomic mass is 9.97. The lowest BCUT2D eigenvalue weighted by Crippen LogP contribution is -2.20. The molecule has 2 N–H and O–H groups in total. The van der Waals surface area contributed by atoms with Gasteiger partial charge in [-0.2, -0.15) is 5.10 Å². The number of amides is 1. The molecule has 8 nitrogen and oxygen atoms in total. The average Bonchev–Trinajstić information content (AvgIpc) is 3.28. The highest BCUT2D eigenvalue weighted by molar-refractivity contribution is 7.19. The van der Waals surface area contributed by atoms with E-state index in [9.17, 15) is 4.79 Å². The van der Waals surface area contributed by atoms with Gasteiger partial charge in [-0.1, -0.05) is 18.2 Å². The molecular weight excluding hydrogens is 462 g/mol. The molecule has 1 amide bonds. The number of thiophene rings is 1. The Kier molecular flexibility index (Phi) is 6.85. The van der Waals surface area contributed by atoms with E-state index in [0.717, 1.165) is 40.1 Å². The Morgan fingerprint density at radius 1 is 1.11 bits per heavy atom. The molecule has 0 unspecified atom stereocenters. The summed E-state index contributed by atoms with van der Waals surface area (Å²) in [6.07, 6.45) is 7.86. The molecule has 0 fully saturated rings. The maximum atomic E-state index is 12.2. The molecule has 0 radical (unpaired) electrons. The number of benzene rings is 2. The number of hydrogen-bond donors (Lipinski definition) is 2. The monoisotopic (exact) mass is 487 g/mol. The molecule has 0 spiro atoms. The van der Waals surface area contributed by atoms with Crippen LogP contribution in [-0.2, 0) is 17.6 Å². The summed E-state index contributed by atoms with van der Waals surface area (Å²) < 4.78 is 11.1. The van der Waals surface area contributed by atoms with Gasteiger partial charge in [-0.05, 0) is 67.1 Å². The Labute approximate surface area is 207 Å². The van der Waals surface area contributed by atoms with Crippen LogP contribution >= 0.6 is 11.3 Å². The normalized spacial score (nSPS) is 12.9. The van der Waals surface area contributed by atoms with Gasteiger partial charge in [0.15, 0.2) is 23.9 Å². The number of hydrazone groups is 1. The summed E-state index contributed by atoms with van der Waals surface area (Å²) in [6.45, 7) is -0.130. The third-order valence-electron chi connectivity index (χ3n) is 5.74. The van der Waals surface area contributed by atoms with Gasteiger partial charge in [-0.25, -0.2) is 9.97 Å². The predicted molar refractivity (Wildman–Crippen MR) is 139 cm³/mol. The van der Waals surface area contributed by atoms with Crippen molar-refractivity contribution in [2.45, 2.75) is 25.7 Å². The predicted octanol–water partition coefficient (Wildman–Crippen LogP) is 5.04. The highest BCUT2D eigenvalue weighted by Gasteiger charge is 2.19. The Morgan fingerprint density at radius 2 is 1.97 bits per heavy atom. The van der Waals surface area contributed by atoms with Crippen LogP contribution in [0.15, 0.2) is 60.0 Å². The summed E-state index contributed by atoms with van der Waals surface area (Å²) in [6, 6.07) is 14.7. The van der Waals surface area contributed by atoms with Crippen molar-refractivity contribution in [3.63, 3.8) is 0 Å². The minimum Gasteiger partial charge on any atom is -0.493 e. The highest BCUT2D eigenvalue weighted by atomic mass is 32.1. The van der Waals surface area contributed by atoms with Crippen molar-refractivity contribution < 1.29 is 14.3 Å². The van der Waals surface area contributed by atoms with Crippen LogP contribution in [0.4, 0.5) is 11.5 Å². The smallest absolute Gasteiger partial charge is 0.262 e. The molecule has 0 bridgehead atoms. The number of carbonyl (C=O) groups is 1. The number of aryl methyl sites for hydroxylation is 2. The summed E-state index contributed by atoms with van der Waals surface area (Å²) in [4.78, 5) is 23.5. The number of carbonyl (C=O) groups excluding carboxylic acids is 1. The third kappa shape index (κ3) is 5.25. The molecule has 0 aliphatic heterocycles. The van der Waals surface area contributed by atoms with E-state index >= 15 is 0 Å². The van der Waals surface area contributed by atoms with E-state index in [2.05, 4.69) is 25.8 Å². The van der Waals surface area contributed by atoms with Gasteiger partial charge in [0.1, 0.15) is 11.2 Å². The SMILES string of the molecule is COc1cc(C=NNc2ncnc3sc4c(c23)CCCC4)ccc1OCC(=O)Nc1ccccc1. The van der Waals surface area contributed by atoms with E-state index in [-0.39, 0.29) is 12.5 Å². The average molecular weight is 488 g/mol. The molecule has 5 rings (SSSR count). The molecule has 1 aliphatic rings.